The Hall–Kier alpha value is -1.08. The van der Waals surface area contributed by atoms with E-state index in [4.69, 9.17) is 9.84 Å². The highest BCUT2D eigenvalue weighted by molar-refractivity contribution is 4.87. The molecular formula is C8H12F2N2O3. The van der Waals surface area contributed by atoms with Gasteiger partial charge in [-0.3, -0.25) is 0 Å². The average molecular weight is 222 g/mol. The molecule has 1 atom stereocenters. The Balaban J connectivity index is 2.45. The van der Waals surface area contributed by atoms with Gasteiger partial charge in [-0.1, -0.05) is 5.16 Å². The Labute approximate surface area is 85.0 Å². The fraction of sp³-hybridized carbons (Fsp3) is 0.750. The van der Waals surface area contributed by atoms with Gasteiger partial charge in [-0.25, -0.2) is 8.78 Å². The van der Waals surface area contributed by atoms with Crippen molar-refractivity contribution in [2.24, 2.45) is 0 Å². The molecule has 0 spiro atoms. The summed E-state index contributed by atoms with van der Waals surface area (Å²) in [6, 6.07) is 0. The maximum atomic E-state index is 12.0. The summed E-state index contributed by atoms with van der Waals surface area (Å²) in [6.07, 6.45) is -4.94. The summed E-state index contributed by atoms with van der Waals surface area (Å²) in [4.78, 5) is 3.77. The first-order valence-corrected chi connectivity index (χ1v) is 4.49. The molecule has 0 saturated carbocycles. The lowest BCUT2D eigenvalue weighted by atomic mass is 10.2. The Morgan fingerprint density at radius 2 is 2.27 bits per heavy atom. The number of nitrogens with zero attached hydrogens (tertiary/aromatic N) is 2. The van der Waals surface area contributed by atoms with Crippen molar-refractivity contribution in [3.63, 3.8) is 0 Å². The minimum Gasteiger partial charge on any atom is -0.387 e. The van der Waals surface area contributed by atoms with Gasteiger partial charge in [0, 0.05) is 6.61 Å². The number of hydrogen-bond donors (Lipinski definition) is 1. The van der Waals surface area contributed by atoms with E-state index < -0.39 is 12.5 Å². The Morgan fingerprint density at radius 3 is 2.87 bits per heavy atom. The van der Waals surface area contributed by atoms with Crippen LogP contribution in [-0.2, 0) is 17.8 Å². The second kappa shape index (κ2) is 5.72. The van der Waals surface area contributed by atoms with Gasteiger partial charge < -0.3 is 14.4 Å². The lowest BCUT2D eigenvalue weighted by molar-refractivity contribution is -0.00754. The van der Waals surface area contributed by atoms with Crippen molar-refractivity contribution in [3.05, 3.63) is 11.7 Å². The molecule has 0 bridgehead atoms. The quantitative estimate of drug-likeness (QED) is 0.770. The van der Waals surface area contributed by atoms with E-state index in [1.165, 1.54) is 0 Å². The van der Waals surface area contributed by atoms with Gasteiger partial charge in [-0.05, 0) is 6.92 Å². The molecule has 0 radical (unpaired) electrons. The van der Waals surface area contributed by atoms with Crippen molar-refractivity contribution in [2.45, 2.75) is 32.5 Å². The lowest BCUT2D eigenvalue weighted by Gasteiger charge is -2.04. The molecule has 0 aromatic carbocycles. The highest BCUT2D eigenvalue weighted by Gasteiger charge is 2.20. The first-order chi connectivity index (χ1) is 7.13. The largest absolute Gasteiger partial charge is 0.387 e. The van der Waals surface area contributed by atoms with Gasteiger partial charge >= 0.3 is 0 Å². The van der Waals surface area contributed by atoms with Crippen molar-refractivity contribution in [3.8, 4) is 0 Å². The molecular weight excluding hydrogens is 210 g/mol. The molecule has 5 nitrogen and oxygen atoms in total. The van der Waals surface area contributed by atoms with Crippen LogP contribution in [0.15, 0.2) is 4.52 Å². The van der Waals surface area contributed by atoms with Crippen molar-refractivity contribution >= 4 is 0 Å². The van der Waals surface area contributed by atoms with Crippen LogP contribution in [0.2, 0.25) is 0 Å². The van der Waals surface area contributed by atoms with Crippen LogP contribution in [0.3, 0.4) is 0 Å². The molecule has 1 heterocycles. The van der Waals surface area contributed by atoms with Crippen LogP contribution in [0.25, 0.3) is 0 Å². The van der Waals surface area contributed by atoms with E-state index in [9.17, 15) is 8.78 Å². The van der Waals surface area contributed by atoms with Crippen LogP contribution < -0.4 is 0 Å². The van der Waals surface area contributed by atoms with Crippen molar-refractivity contribution in [2.75, 3.05) is 6.61 Å². The normalized spacial score (nSPS) is 13.4. The predicted molar refractivity (Wildman–Crippen MR) is 45.3 cm³/mol. The second-order valence-electron chi connectivity index (χ2n) is 2.85. The molecule has 0 amide bonds. The fourth-order valence-corrected chi connectivity index (χ4v) is 0.893. The molecule has 0 aliphatic rings. The molecule has 86 valence electrons. The third kappa shape index (κ3) is 3.88. The molecule has 1 aromatic rings. The maximum absolute atomic E-state index is 12.0. The van der Waals surface area contributed by atoms with E-state index >= 15 is 0 Å². The molecule has 0 fully saturated rings. The molecule has 15 heavy (non-hydrogen) atoms. The van der Waals surface area contributed by atoms with Crippen LogP contribution in [0.4, 0.5) is 8.78 Å². The molecule has 0 aliphatic heterocycles. The highest BCUT2D eigenvalue weighted by Crippen LogP contribution is 2.08. The van der Waals surface area contributed by atoms with Gasteiger partial charge in [-0.15, -0.1) is 0 Å². The summed E-state index contributed by atoms with van der Waals surface area (Å²) >= 11 is 0. The monoisotopic (exact) mass is 222 g/mol. The number of ether oxygens (including phenoxy) is 1. The van der Waals surface area contributed by atoms with E-state index in [-0.39, 0.29) is 24.7 Å². The van der Waals surface area contributed by atoms with E-state index in [1.54, 1.807) is 0 Å². The van der Waals surface area contributed by atoms with Gasteiger partial charge in [0.15, 0.2) is 5.82 Å². The van der Waals surface area contributed by atoms with Crippen LogP contribution >= 0.6 is 0 Å². The number of rotatable bonds is 6. The SMILES string of the molecule is CCOCc1noc(CC(O)C(F)F)n1. The second-order valence-corrected chi connectivity index (χ2v) is 2.85. The Kier molecular flexibility index (Phi) is 4.57. The summed E-state index contributed by atoms with van der Waals surface area (Å²) in [5, 5.41) is 12.4. The van der Waals surface area contributed by atoms with E-state index in [0.29, 0.717) is 6.61 Å². The lowest BCUT2D eigenvalue weighted by Crippen LogP contribution is -2.20. The number of aromatic nitrogens is 2. The van der Waals surface area contributed by atoms with Crippen LogP contribution in [0.5, 0.6) is 0 Å². The minimum atomic E-state index is -2.81. The van der Waals surface area contributed by atoms with E-state index in [1.807, 2.05) is 6.92 Å². The van der Waals surface area contributed by atoms with E-state index in [0.717, 1.165) is 0 Å². The molecule has 1 aromatic heterocycles. The Morgan fingerprint density at radius 1 is 1.53 bits per heavy atom. The molecule has 1 rings (SSSR count). The molecule has 0 aliphatic carbocycles. The third-order valence-electron chi connectivity index (χ3n) is 1.62. The summed E-state index contributed by atoms with van der Waals surface area (Å²) in [5.74, 6) is 0.269. The first-order valence-electron chi connectivity index (χ1n) is 4.49. The average Bonchev–Trinajstić information content (AvgIpc) is 2.62. The fourth-order valence-electron chi connectivity index (χ4n) is 0.893. The predicted octanol–water partition coefficient (Wildman–Crippen LogP) is 0.775. The van der Waals surface area contributed by atoms with Gasteiger partial charge in [0.1, 0.15) is 12.7 Å². The number of halogens is 2. The number of aliphatic hydroxyl groups is 1. The van der Waals surface area contributed by atoms with Gasteiger partial charge in [0.25, 0.3) is 6.43 Å². The molecule has 0 saturated heterocycles. The van der Waals surface area contributed by atoms with Crippen LogP contribution in [0, 0.1) is 0 Å². The zero-order chi connectivity index (χ0) is 11.3. The molecule has 7 heteroatoms. The van der Waals surface area contributed by atoms with Crippen LogP contribution in [0.1, 0.15) is 18.6 Å². The van der Waals surface area contributed by atoms with Gasteiger partial charge in [-0.2, -0.15) is 4.98 Å². The number of hydrogen-bond acceptors (Lipinski definition) is 5. The molecule has 1 N–H and O–H groups in total. The third-order valence-corrected chi connectivity index (χ3v) is 1.62. The van der Waals surface area contributed by atoms with Gasteiger partial charge in [0.05, 0.1) is 6.42 Å². The Bertz CT molecular complexity index is 293. The first kappa shape index (κ1) is 12.0. The maximum Gasteiger partial charge on any atom is 0.264 e. The van der Waals surface area contributed by atoms with Crippen LogP contribution in [-0.4, -0.2) is 34.4 Å². The van der Waals surface area contributed by atoms with Crippen molar-refractivity contribution < 1.29 is 23.1 Å². The van der Waals surface area contributed by atoms with Crippen molar-refractivity contribution in [1.29, 1.82) is 0 Å². The van der Waals surface area contributed by atoms with Crippen molar-refractivity contribution in [1.82, 2.24) is 10.1 Å². The standard InChI is InChI=1S/C8H12F2N2O3/c1-2-14-4-6-11-7(15-12-6)3-5(13)8(9)10/h5,8,13H,2-4H2,1H3. The summed E-state index contributed by atoms with van der Waals surface area (Å²) in [7, 11) is 0. The number of aliphatic hydroxyl groups excluding tert-OH is 1. The zero-order valence-electron chi connectivity index (χ0n) is 8.19. The smallest absolute Gasteiger partial charge is 0.264 e. The topological polar surface area (TPSA) is 68.4 Å². The van der Waals surface area contributed by atoms with E-state index in [2.05, 4.69) is 14.7 Å². The zero-order valence-corrected chi connectivity index (χ0v) is 8.19. The minimum absolute atomic E-state index is 0.0162. The highest BCUT2D eigenvalue weighted by atomic mass is 19.3. The summed E-state index contributed by atoms with van der Waals surface area (Å²) in [5.41, 5.74) is 0. The number of alkyl halides is 2. The molecule has 1 unspecified atom stereocenters. The summed E-state index contributed by atoms with van der Waals surface area (Å²) < 4.78 is 33.6. The van der Waals surface area contributed by atoms with Gasteiger partial charge in [0.2, 0.25) is 5.89 Å². The summed E-state index contributed by atoms with van der Waals surface area (Å²) in [6.45, 7) is 2.48.